The number of hydrogen-bond acceptors (Lipinski definition) is 2. The number of rotatable bonds is 6. The molecule has 1 aliphatic rings. The molecule has 1 unspecified atom stereocenters. The fraction of sp³-hybridized carbons (Fsp3) is 0.571. The maximum Gasteiger partial charge on any atom is 0.119 e. The molecule has 2 nitrogen and oxygen atoms in total. The zero-order valence-corrected chi connectivity index (χ0v) is 10.2. The Kier molecular flexibility index (Phi) is 3.83. The van der Waals surface area contributed by atoms with Crippen LogP contribution in [-0.4, -0.2) is 13.7 Å². The molecule has 0 saturated heterocycles. The van der Waals surface area contributed by atoms with E-state index in [0.29, 0.717) is 6.04 Å². The molecule has 1 aliphatic carbocycles. The van der Waals surface area contributed by atoms with Gasteiger partial charge >= 0.3 is 0 Å². The Bertz CT molecular complexity index is 329. The van der Waals surface area contributed by atoms with Crippen LogP contribution in [0.15, 0.2) is 24.3 Å². The van der Waals surface area contributed by atoms with Gasteiger partial charge in [-0.1, -0.05) is 19.1 Å². The van der Waals surface area contributed by atoms with Crippen molar-refractivity contribution in [2.24, 2.45) is 5.92 Å². The number of hydrogen-bond donors (Lipinski definition) is 1. The van der Waals surface area contributed by atoms with E-state index in [1.165, 1.54) is 18.4 Å². The minimum absolute atomic E-state index is 0.435. The van der Waals surface area contributed by atoms with Gasteiger partial charge in [0.2, 0.25) is 0 Å². The van der Waals surface area contributed by atoms with Crippen LogP contribution >= 0.6 is 0 Å². The molecule has 0 bridgehead atoms. The summed E-state index contributed by atoms with van der Waals surface area (Å²) < 4.78 is 5.78. The van der Waals surface area contributed by atoms with E-state index in [0.717, 1.165) is 24.7 Å². The molecule has 1 fully saturated rings. The zero-order chi connectivity index (χ0) is 11.4. The lowest BCUT2D eigenvalue weighted by atomic mass is 10.0. The first-order valence-corrected chi connectivity index (χ1v) is 6.23. The smallest absolute Gasteiger partial charge is 0.119 e. The van der Waals surface area contributed by atoms with Gasteiger partial charge in [0, 0.05) is 6.04 Å². The number of benzene rings is 1. The van der Waals surface area contributed by atoms with E-state index in [1.807, 2.05) is 13.1 Å². The van der Waals surface area contributed by atoms with E-state index >= 15 is 0 Å². The van der Waals surface area contributed by atoms with Crippen LogP contribution in [0.5, 0.6) is 5.75 Å². The fourth-order valence-electron chi connectivity index (χ4n) is 1.93. The van der Waals surface area contributed by atoms with Gasteiger partial charge in [0.25, 0.3) is 0 Å². The Hall–Kier alpha value is -1.02. The Morgan fingerprint density at radius 1 is 1.44 bits per heavy atom. The first-order valence-electron chi connectivity index (χ1n) is 6.23. The standard InChI is InChI=1S/C14H21NO/c1-3-14(15-2)12-5-4-6-13(9-12)16-10-11-7-8-11/h4-6,9,11,14-15H,3,7-8,10H2,1-2H3. The van der Waals surface area contributed by atoms with Gasteiger partial charge in [-0.05, 0) is 49.9 Å². The average molecular weight is 219 g/mol. The summed E-state index contributed by atoms with van der Waals surface area (Å²) in [7, 11) is 2.01. The van der Waals surface area contributed by atoms with Gasteiger partial charge in [-0.3, -0.25) is 0 Å². The Morgan fingerprint density at radius 2 is 2.25 bits per heavy atom. The minimum Gasteiger partial charge on any atom is -0.493 e. The van der Waals surface area contributed by atoms with Crippen LogP contribution in [0.25, 0.3) is 0 Å². The summed E-state index contributed by atoms with van der Waals surface area (Å²) in [5.41, 5.74) is 1.32. The Balaban J connectivity index is 1.99. The van der Waals surface area contributed by atoms with Crippen molar-refractivity contribution in [1.82, 2.24) is 5.32 Å². The highest BCUT2D eigenvalue weighted by Gasteiger charge is 2.21. The molecule has 0 aliphatic heterocycles. The van der Waals surface area contributed by atoms with Crippen molar-refractivity contribution in [3.05, 3.63) is 29.8 Å². The highest BCUT2D eigenvalue weighted by Crippen LogP contribution is 2.30. The van der Waals surface area contributed by atoms with Gasteiger partial charge in [-0.25, -0.2) is 0 Å². The monoisotopic (exact) mass is 219 g/mol. The minimum atomic E-state index is 0.435. The quantitative estimate of drug-likeness (QED) is 0.793. The average Bonchev–Trinajstić information content (AvgIpc) is 3.13. The van der Waals surface area contributed by atoms with Crippen LogP contribution in [-0.2, 0) is 0 Å². The first-order chi connectivity index (χ1) is 7.83. The second-order valence-electron chi connectivity index (χ2n) is 4.58. The van der Waals surface area contributed by atoms with Crippen LogP contribution in [0.4, 0.5) is 0 Å². The summed E-state index contributed by atoms with van der Waals surface area (Å²) in [6.07, 6.45) is 3.78. The van der Waals surface area contributed by atoms with E-state index < -0.39 is 0 Å². The lowest BCUT2D eigenvalue weighted by Gasteiger charge is -2.15. The summed E-state index contributed by atoms with van der Waals surface area (Å²) in [4.78, 5) is 0. The normalized spacial score (nSPS) is 17.1. The fourth-order valence-corrected chi connectivity index (χ4v) is 1.93. The van der Waals surface area contributed by atoms with Crippen molar-refractivity contribution in [2.45, 2.75) is 32.2 Å². The van der Waals surface area contributed by atoms with Gasteiger partial charge in [0.05, 0.1) is 6.61 Å². The molecule has 0 amide bonds. The summed E-state index contributed by atoms with van der Waals surface area (Å²) >= 11 is 0. The molecule has 1 aromatic carbocycles. The molecule has 2 heteroatoms. The summed E-state index contributed by atoms with van der Waals surface area (Å²) in [6, 6.07) is 8.89. The van der Waals surface area contributed by atoms with E-state index in [1.54, 1.807) is 0 Å². The van der Waals surface area contributed by atoms with Crippen LogP contribution in [0.1, 0.15) is 37.8 Å². The molecule has 1 atom stereocenters. The second-order valence-corrected chi connectivity index (χ2v) is 4.58. The molecule has 0 radical (unpaired) electrons. The first kappa shape index (κ1) is 11.5. The van der Waals surface area contributed by atoms with E-state index in [2.05, 4.69) is 30.4 Å². The summed E-state index contributed by atoms with van der Waals surface area (Å²) in [6.45, 7) is 3.08. The molecule has 88 valence electrons. The Morgan fingerprint density at radius 3 is 2.88 bits per heavy atom. The van der Waals surface area contributed by atoms with E-state index in [4.69, 9.17) is 4.74 Å². The van der Waals surface area contributed by atoms with Gasteiger partial charge in [0.1, 0.15) is 5.75 Å². The summed E-state index contributed by atoms with van der Waals surface area (Å²) in [5, 5.41) is 3.32. The van der Waals surface area contributed by atoms with Crippen molar-refractivity contribution in [3.8, 4) is 5.75 Å². The molecule has 0 heterocycles. The SMILES string of the molecule is CCC(NC)c1cccc(OCC2CC2)c1. The van der Waals surface area contributed by atoms with E-state index in [9.17, 15) is 0 Å². The van der Waals surface area contributed by atoms with Crippen LogP contribution in [0, 0.1) is 5.92 Å². The molecule has 1 saturated carbocycles. The molecular weight excluding hydrogens is 198 g/mol. The largest absolute Gasteiger partial charge is 0.493 e. The molecule has 2 rings (SSSR count). The second kappa shape index (κ2) is 5.35. The van der Waals surface area contributed by atoms with Crippen LogP contribution < -0.4 is 10.1 Å². The number of nitrogens with one attached hydrogen (secondary N) is 1. The molecule has 16 heavy (non-hydrogen) atoms. The number of ether oxygens (including phenoxy) is 1. The third kappa shape index (κ3) is 2.99. The highest BCUT2D eigenvalue weighted by atomic mass is 16.5. The van der Waals surface area contributed by atoms with Crippen LogP contribution in [0.3, 0.4) is 0 Å². The van der Waals surface area contributed by atoms with Crippen LogP contribution in [0.2, 0.25) is 0 Å². The van der Waals surface area contributed by atoms with Gasteiger partial charge in [-0.2, -0.15) is 0 Å². The van der Waals surface area contributed by atoms with Gasteiger partial charge < -0.3 is 10.1 Å². The Labute approximate surface area is 98.0 Å². The maximum atomic E-state index is 5.78. The predicted molar refractivity (Wildman–Crippen MR) is 66.8 cm³/mol. The molecular formula is C14H21NO. The van der Waals surface area contributed by atoms with Gasteiger partial charge in [0.15, 0.2) is 0 Å². The molecule has 0 aromatic heterocycles. The van der Waals surface area contributed by atoms with Crippen molar-refractivity contribution in [3.63, 3.8) is 0 Å². The predicted octanol–water partition coefficient (Wildman–Crippen LogP) is 3.15. The lowest BCUT2D eigenvalue weighted by molar-refractivity contribution is 0.299. The zero-order valence-electron chi connectivity index (χ0n) is 10.2. The summed E-state index contributed by atoms with van der Waals surface area (Å²) in [5.74, 6) is 1.83. The van der Waals surface area contributed by atoms with Crippen molar-refractivity contribution < 1.29 is 4.74 Å². The topological polar surface area (TPSA) is 21.3 Å². The lowest BCUT2D eigenvalue weighted by Crippen LogP contribution is -2.15. The van der Waals surface area contributed by atoms with E-state index in [-0.39, 0.29) is 0 Å². The third-order valence-electron chi connectivity index (χ3n) is 3.20. The van der Waals surface area contributed by atoms with Crippen molar-refractivity contribution >= 4 is 0 Å². The van der Waals surface area contributed by atoms with Crippen molar-refractivity contribution in [1.29, 1.82) is 0 Å². The molecule has 1 aromatic rings. The maximum absolute atomic E-state index is 5.78. The molecule has 0 spiro atoms. The highest BCUT2D eigenvalue weighted by molar-refractivity contribution is 5.30. The molecule has 1 N–H and O–H groups in total. The van der Waals surface area contributed by atoms with Crippen molar-refractivity contribution in [2.75, 3.05) is 13.7 Å². The van der Waals surface area contributed by atoms with Gasteiger partial charge in [-0.15, -0.1) is 0 Å². The third-order valence-corrected chi connectivity index (χ3v) is 3.20.